The summed E-state index contributed by atoms with van der Waals surface area (Å²) in [4.78, 5) is 28.1. The van der Waals surface area contributed by atoms with Crippen molar-refractivity contribution < 1.29 is 14.7 Å². The molecule has 0 radical (unpaired) electrons. The zero-order valence-corrected chi connectivity index (χ0v) is 18.4. The number of halogens is 1. The molecular formula is C20H20BrN5O3S. The Balaban J connectivity index is 1.41. The van der Waals surface area contributed by atoms with Crippen LogP contribution in [0.1, 0.15) is 28.8 Å². The average Bonchev–Trinajstić information content (AvgIpc) is 3.38. The van der Waals surface area contributed by atoms with Gasteiger partial charge in [-0.1, -0.05) is 5.21 Å². The van der Waals surface area contributed by atoms with Gasteiger partial charge in [0.05, 0.1) is 9.30 Å². The number of aromatic nitrogens is 3. The summed E-state index contributed by atoms with van der Waals surface area (Å²) < 4.78 is 1.07. The number of aromatic amines is 1. The van der Waals surface area contributed by atoms with Crippen LogP contribution in [0, 0.1) is 5.41 Å². The summed E-state index contributed by atoms with van der Waals surface area (Å²) >= 11 is 5.16. The van der Waals surface area contributed by atoms with E-state index >= 15 is 0 Å². The molecule has 0 bridgehead atoms. The van der Waals surface area contributed by atoms with Gasteiger partial charge in [0, 0.05) is 36.7 Å². The van der Waals surface area contributed by atoms with E-state index in [4.69, 9.17) is 0 Å². The zero-order valence-electron chi connectivity index (χ0n) is 16.0. The highest BCUT2D eigenvalue weighted by molar-refractivity contribution is 9.11. The quantitative estimate of drug-likeness (QED) is 0.584. The van der Waals surface area contributed by atoms with Crippen molar-refractivity contribution >= 4 is 50.3 Å². The van der Waals surface area contributed by atoms with E-state index in [1.807, 2.05) is 11.0 Å². The van der Waals surface area contributed by atoms with Gasteiger partial charge in [-0.2, -0.15) is 0 Å². The first-order valence-corrected chi connectivity index (χ1v) is 11.4. The molecule has 0 aliphatic carbocycles. The van der Waals surface area contributed by atoms with Gasteiger partial charge in [-0.3, -0.25) is 9.89 Å². The van der Waals surface area contributed by atoms with Crippen molar-refractivity contribution in [2.45, 2.75) is 25.3 Å². The third-order valence-corrected chi connectivity index (χ3v) is 8.04. The fraction of sp³-hybridized carbons (Fsp3) is 0.400. The maximum absolute atomic E-state index is 13.4. The Kier molecular flexibility index (Phi) is 4.78. The molecule has 0 saturated carbocycles. The molecule has 156 valence electrons. The number of carbonyl (C=O) groups excluding carboxylic acids is 1. The monoisotopic (exact) mass is 489 g/mol. The molecule has 1 unspecified atom stereocenters. The summed E-state index contributed by atoms with van der Waals surface area (Å²) in [5.41, 5.74) is 3.23. The largest absolute Gasteiger partial charge is 0.465 e. The molecule has 1 atom stereocenters. The first-order valence-electron chi connectivity index (χ1n) is 9.78. The molecule has 1 spiro atoms. The van der Waals surface area contributed by atoms with Crippen molar-refractivity contribution in [2.75, 3.05) is 19.6 Å². The van der Waals surface area contributed by atoms with Crippen molar-refractivity contribution in [3.05, 3.63) is 44.6 Å². The third-order valence-electron chi connectivity index (χ3n) is 6.48. The predicted molar refractivity (Wildman–Crippen MR) is 116 cm³/mol. The van der Waals surface area contributed by atoms with Gasteiger partial charge >= 0.3 is 6.09 Å². The highest BCUT2D eigenvalue weighted by Gasteiger charge is 2.55. The number of carbonyl (C=O) groups is 2. The van der Waals surface area contributed by atoms with Gasteiger partial charge < -0.3 is 14.9 Å². The van der Waals surface area contributed by atoms with E-state index in [9.17, 15) is 14.7 Å². The maximum atomic E-state index is 13.4. The lowest BCUT2D eigenvalue weighted by Gasteiger charge is -2.60. The van der Waals surface area contributed by atoms with E-state index < -0.39 is 6.09 Å². The average molecular weight is 490 g/mol. The van der Waals surface area contributed by atoms with Crippen LogP contribution in [-0.4, -0.2) is 68.0 Å². The molecule has 2 fully saturated rings. The minimum absolute atomic E-state index is 0.00881. The number of fused-ring (bicyclic) bond motifs is 1. The lowest BCUT2D eigenvalue weighted by molar-refractivity contribution is -0.0834. The smallest absolute Gasteiger partial charge is 0.407 e. The molecule has 10 heteroatoms. The molecule has 2 amide bonds. The van der Waals surface area contributed by atoms with Crippen LogP contribution < -0.4 is 0 Å². The Hall–Kier alpha value is -2.46. The number of benzene rings is 1. The van der Waals surface area contributed by atoms with E-state index in [2.05, 4.69) is 42.8 Å². The van der Waals surface area contributed by atoms with Crippen LogP contribution >= 0.6 is 27.3 Å². The first-order chi connectivity index (χ1) is 14.4. The van der Waals surface area contributed by atoms with Crippen LogP contribution in [0.2, 0.25) is 0 Å². The number of amides is 2. The van der Waals surface area contributed by atoms with Crippen molar-refractivity contribution in [2.24, 2.45) is 5.41 Å². The number of hydrogen-bond acceptors (Lipinski definition) is 5. The number of likely N-dealkylation sites (tertiary alicyclic amines) is 2. The first kappa shape index (κ1) is 19.5. The number of carboxylic acid groups (broad SMARTS) is 1. The summed E-state index contributed by atoms with van der Waals surface area (Å²) in [7, 11) is 0. The number of H-pyrrole nitrogens is 1. The van der Waals surface area contributed by atoms with Gasteiger partial charge in [0.25, 0.3) is 5.91 Å². The number of piperidine rings is 1. The summed E-state index contributed by atoms with van der Waals surface area (Å²) in [5.74, 6) is -0.00881. The number of hydrogen-bond donors (Lipinski definition) is 2. The van der Waals surface area contributed by atoms with E-state index in [0.717, 1.165) is 28.6 Å². The number of rotatable bonds is 3. The normalized spacial score (nSPS) is 20.5. The second-order valence-electron chi connectivity index (χ2n) is 8.09. The second-order valence-corrected chi connectivity index (χ2v) is 10.4. The highest BCUT2D eigenvalue weighted by atomic mass is 79.9. The second kappa shape index (κ2) is 7.35. The molecule has 2 aliphatic rings. The van der Waals surface area contributed by atoms with Crippen LogP contribution in [0.15, 0.2) is 33.4 Å². The van der Waals surface area contributed by atoms with Gasteiger partial charge in [0.2, 0.25) is 0 Å². The van der Waals surface area contributed by atoms with Crippen LogP contribution in [0.3, 0.4) is 0 Å². The van der Waals surface area contributed by atoms with E-state index in [1.54, 1.807) is 23.5 Å². The number of nitrogens with one attached hydrogen (secondary N) is 1. The topological polar surface area (TPSA) is 102 Å². The Morgan fingerprint density at radius 2 is 2.10 bits per heavy atom. The molecule has 8 nitrogen and oxygen atoms in total. The Morgan fingerprint density at radius 3 is 2.80 bits per heavy atom. The molecule has 4 heterocycles. The zero-order chi connectivity index (χ0) is 20.9. The molecule has 30 heavy (non-hydrogen) atoms. The minimum Gasteiger partial charge on any atom is -0.465 e. The highest BCUT2D eigenvalue weighted by Crippen LogP contribution is 2.48. The van der Waals surface area contributed by atoms with E-state index in [-0.39, 0.29) is 17.4 Å². The Morgan fingerprint density at radius 1 is 1.30 bits per heavy atom. The number of nitrogens with zero attached hydrogens (tertiary/aromatic N) is 4. The summed E-state index contributed by atoms with van der Waals surface area (Å²) in [6.07, 6.45) is 1.46. The molecule has 2 aliphatic heterocycles. The molecule has 3 aromatic rings. The van der Waals surface area contributed by atoms with Crippen LogP contribution in [0.4, 0.5) is 4.79 Å². The summed E-state index contributed by atoms with van der Waals surface area (Å²) in [6.45, 7) is 1.70. The fourth-order valence-corrected chi connectivity index (χ4v) is 5.99. The molecular weight excluding hydrogens is 470 g/mol. The van der Waals surface area contributed by atoms with Crippen molar-refractivity contribution in [1.82, 2.24) is 25.2 Å². The minimum atomic E-state index is -0.865. The molecule has 2 N–H and O–H groups in total. The lowest BCUT2D eigenvalue weighted by Crippen LogP contribution is -2.69. The van der Waals surface area contributed by atoms with Gasteiger partial charge in [-0.25, -0.2) is 4.79 Å². The Bertz CT molecular complexity index is 1120. The maximum Gasteiger partial charge on any atom is 0.407 e. The third kappa shape index (κ3) is 3.27. The van der Waals surface area contributed by atoms with Gasteiger partial charge in [0.15, 0.2) is 0 Å². The standard InChI is InChI=1S/C20H20BrN5O3S/c21-17-8-12(10-30-17)7-16-20(3-5-25(6-4-20)19(28)29)11-26(16)18(27)13-1-2-14-15(9-13)23-24-22-14/h1-2,8-10,16H,3-7,11H2,(H,28,29)(H,22,23,24). The Labute approximate surface area is 185 Å². The van der Waals surface area contributed by atoms with E-state index in [0.29, 0.717) is 30.7 Å². The van der Waals surface area contributed by atoms with Gasteiger partial charge in [-0.15, -0.1) is 16.4 Å². The summed E-state index contributed by atoms with van der Waals surface area (Å²) in [5, 5.41) is 22.0. The van der Waals surface area contributed by atoms with Crippen molar-refractivity contribution in [3.8, 4) is 0 Å². The van der Waals surface area contributed by atoms with Crippen molar-refractivity contribution in [1.29, 1.82) is 0 Å². The van der Waals surface area contributed by atoms with Crippen LogP contribution in [-0.2, 0) is 6.42 Å². The van der Waals surface area contributed by atoms with Gasteiger partial charge in [0.1, 0.15) is 5.52 Å². The van der Waals surface area contributed by atoms with E-state index in [1.165, 1.54) is 10.5 Å². The molecule has 2 aromatic heterocycles. The fourth-order valence-electron chi connectivity index (χ4n) is 4.76. The molecule has 2 saturated heterocycles. The van der Waals surface area contributed by atoms with Crippen LogP contribution in [0.25, 0.3) is 11.0 Å². The van der Waals surface area contributed by atoms with Crippen LogP contribution in [0.5, 0.6) is 0 Å². The predicted octanol–water partition coefficient (Wildman–Crippen LogP) is 3.61. The SMILES string of the molecule is O=C(O)N1CCC2(CC1)CN(C(=O)c1ccc3[nH]nnc3c1)C2Cc1csc(Br)c1. The lowest BCUT2D eigenvalue weighted by atomic mass is 9.63. The molecule has 5 rings (SSSR count). The van der Waals surface area contributed by atoms with Gasteiger partial charge in [-0.05, 0) is 70.4 Å². The van der Waals surface area contributed by atoms with Crippen molar-refractivity contribution in [3.63, 3.8) is 0 Å². The number of thiophene rings is 1. The summed E-state index contributed by atoms with van der Waals surface area (Å²) in [6, 6.07) is 7.57. The molecule has 1 aromatic carbocycles.